The smallest absolute Gasteiger partial charge is 0.344 e. The summed E-state index contributed by atoms with van der Waals surface area (Å²) in [4.78, 5) is 27.5. The van der Waals surface area contributed by atoms with Crippen LogP contribution in [0, 0.1) is 0 Å². The fraction of sp³-hybridized carbons (Fsp3) is 0.300. The van der Waals surface area contributed by atoms with E-state index < -0.39 is 5.69 Å². The Hall–Kier alpha value is -1.91. The first-order chi connectivity index (χ1) is 7.22. The molecule has 0 amide bonds. The molecule has 1 rings (SSSR count). The molecule has 0 saturated heterocycles. The van der Waals surface area contributed by atoms with Crippen LogP contribution in [0.2, 0.25) is 0 Å². The highest BCUT2D eigenvalue weighted by atomic mass is 16.5. The normalized spacial score (nSPS) is 10.5. The largest absolute Gasteiger partial charge is 0.466 e. The van der Waals surface area contributed by atoms with Crippen LogP contribution in [0.25, 0.3) is 6.08 Å². The van der Waals surface area contributed by atoms with Gasteiger partial charge in [0.15, 0.2) is 0 Å². The molecule has 1 aromatic rings. The molecule has 5 heteroatoms. The van der Waals surface area contributed by atoms with Crippen LogP contribution in [0.3, 0.4) is 0 Å². The van der Waals surface area contributed by atoms with Crippen LogP contribution in [0.1, 0.15) is 18.9 Å². The van der Waals surface area contributed by atoms with E-state index in [1.165, 1.54) is 12.4 Å². The summed E-state index contributed by atoms with van der Waals surface area (Å²) in [6.45, 7) is 2.14. The SMILES string of the molecule is CCOC(=O)CC=Cc1cnc(=O)[nH]c1. The second-order valence-electron chi connectivity index (χ2n) is 2.76. The average molecular weight is 208 g/mol. The van der Waals surface area contributed by atoms with Crippen LogP contribution < -0.4 is 5.69 Å². The van der Waals surface area contributed by atoms with Gasteiger partial charge in [-0.15, -0.1) is 0 Å². The highest BCUT2D eigenvalue weighted by Gasteiger charge is 1.96. The quantitative estimate of drug-likeness (QED) is 0.740. The van der Waals surface area contributed by atoms with Gasteiger partial charge < -0.3 is 9.72 Å². The number of esters is 1. The number of hydrogen-bond donors (Lipinski definition) is 1. The molecule has 1 N–H and O–H groups in total. The van der Waals surface area contributed by atoms with E-state index in [0.717, 1.165) is 5.56 Å². The Balaban J connectivity index is 2.48. The lowest BCUT2D eigenvalue weighted by Gasteiger charge is -1.96. The Morgan fingerprint density at radius 1 is 1.67 bits per heavy atom. The zero-order valence-corrected chi connectivity index (χ0v) is 8.40. The van der Waals surface area contributed by atoms with E-state index in [-0.39, 0.29) is 12.4 Å². The molecule has 0 radical (unpaired) electrons. The maximum atomic E-state index is 10.9. The summed E-state index contributed by atoms with van der Waals surface area (Å²) in [6, 6.07) is 0. The van der Waals surface area contributed by atoms with Crippen molar-refractivity contribution < 1.29 is 9.53 Å². The summed E-state index contributed by atoms with van der Waals surface area (Å²) in [5.41, 5.74) is 0.344. The van der Waals surface area contributed by atoms with Crippen molar-refractivity contribution >= 4 is 12.0 Å². The molecular formula is C10H12N2O3. The van der Waals surface area contributed by atoms with E-state index in [2.05, 4.69) is 9.97 Å². The molecule has 1 heterocycles. The minimum absolute atomic E-state index is 0.215. The monoisotopic (exact) mass is 208 g/mol. The molecule has 0 aliphatic carbocycles. The van der Waals surface area contributed by atoms with Gasteiger partial charge in [-0.05, 0) is 6.92 Å². The van der Waals surface area contributed by atoms with E-state index in [4.69, 9.17) is 4.74 Å². The van der Waals surface area contributed by atoms with Crippen LogP contribution >= 0.6 is 0 Å². The Kier molecular flexibility index (Phi) is 4.28. The number of carbonyl (C=O) groups excluding carboxylic acids is 1. The van der Waals surface area contributed by atoms with E-state index in [9.17, 15) is 9.59 Å². The summed E-state index contributed by atoms with van der Waals surface area (Å²) in [7, 11) is 0. The molecule has 15 heavy (non-hydrogen) atoms. The lowest BCUT2D eigenvalue weighted by Crippen LogP contribution is -2.07. The number of nitrogens with one attached hydrogen (secondary N) is 1. The minimum atomic E-state index is -0.391. The van der Waals surface area contributed by atoms with Gasteiger partial charge in [0.2, 0.25) is 0 Å². The summed E-state index contributed by atoms with van der Waals surface area (Å²) < 4.78 is 4.74. The number of aromatic amines is 1. The van der Waals surface area contributed by atoms with Gasteiger partial charge in [0.05, 0.1) is 13.0 Å². The number of aromatic nitrogens is 2. The fourth-order valence-electron chi connectivity index (χ4n) is 0.955. The van der Waals surface area contributed by atoms with Crippen molar-refractivity contribution in [2.75, 3.05) is 6.61 Å². The van der Waals surface area contributed by atoms with E-state index >= 15 is 0 Å². The first-order valence-corrected chi connectivity index (χ1v) is 4.59. The van der Waals surface area contributed by atoms with Gasteiger partial charge in [-0.1, -0.05) is 12.2 Å². The van der Waals surface area contributed by atoms with E-state index in [1.807, 2.05) is 0 Å². The van der Waals surface area contributed by atoms with E-state index in [0.29, 0.717) is 6.61 Å². The standard InChI is InChI=1S/C10H12N2O3/c1-2-15-9(13)5-3-4-8-6-11-10(14)12-7-8/h3-4,6-7H,2,5H2,1H3,(H,11,12,14). The second-order valence-corrected chi connectivity index (χ2v) is 2.76. The number of carbonyl (C=O) groups is 1. The summed E-state index contributed by atoms with van der Waals surface area (Å²) >= 11 is 0. The molecule has 0 spiro atoms. The van der Waals surface area contributed by atoms with Crippen LogP contribution in [-0.4, -0.2) is 22.5 Å². The highest BCUT2D eigenvalue weighted by Crippen LogP contribution is 1.97. The van der Waals surface area contributed by atoms with Crippen molar-refractivity contribution in [1.29, 1.82) is 0 Å². The Morgan fingerprint density at radius 3 is 3.07 bits per heavy atom. The van der Waals surface area contributed by atoms with Crippen LogP contribution in [0.5, 0.6) is 0 Å². The second kappa shape index (κ2) is 5.74. The van der Waals surface area contributed by atoms with Gasteiger partial charge in [0.1, 0.15) is 0 Å². The van der Waals surface area contributed by atoms with Gasteiger partial charge in [0, 0.05) is 18.0 Å². The average Bonchev–Trinajstić information content (AvgIpc) is 2.21. The molecule has 5 nitrogen and oxygen atoms in total. The molecule has 1 aromatic heterocycles. The fourth-order valence-corrected chi connectivity index (χ4v) is 0.955. The van der Waals surface area contributed by atoms with Crippen molar-refractivity contribution in [3.05, 3.63) is 34.5 Å². The highest BCUT2D eigenvalue weighted by molar-refractivity contribution is 5.72. The van der Waals surface area contributed by atoms with E-state index in [1.54, 1.807) is 19.1 Å². The lowest BCUT2D eigenvalue weighted by atomic mass is 10.3. The first kappa shape index (κ1) is 11.2. The third kappa shape index (κ3) is 4.21. The molecule has 0 fully saturated rings. The number of hydrogen-bond acceptors (Lipinski definition) is 4. The number of H-pyrrole nitrogens is 1. The molecular weight excluding hydrogens is 196 g/mol. The summed E-state index contributed by atoms with van der Waals surface area (Å²) in [5, 5.41) is 0. The first-order valence-electron chi connectivity index (χ1n) is 4.59. The third-order valence-electron chi connectivity index (χ3n) is 1.59. The van der Waals surface area contributed by atoms with Crippen molar-refractivity contribution in [3.63, 3.8) is 0 Å². The minimum Gasteiger partial charge on any atom is -0.466 e. The zero-order chi connectivity index (χ0) is 11.1. The van der Waals surface area contributed by atoms with Gasteiger partial charge in [-0.3, -0.25) is 4.79 Å². The van der Waals surface area contributed by atoms with Crippen molar-refractivity contribution in [2.24, 2.45) is 0 Å². The van der Waals surface area contributed by atoms with Gasteiger partial charge in [-0.2, -0.15) is 0 Å². The van der Waals surface area contributed by atoms with Gasteiger partial charge in [0.25, 0.3) is 0 Å². The molecule has 0 bridgehead atoms. The predicted molar refractivity (Wildman–Crippen MR) is 55.1 cm³/mol. The number of nitrogens with zero attached hydrogens (tertiary/aromatic N) is 1. The number of rotatable bonds is 4. The molecule has 0 saturated carbocycles. The molecule has 0 aliphatic rings. The molecule has 0 atom stereocenters. The van der Waals surface area contributed by atoms with Crippen LogP contribution in [0.15, 0.2) is 23.3 Å². The molecule has 0 aliphatic heterocycles. The third-order valence-corrected chi connectivity index (χ3v) is 1.59. The van der Waals surface area contributed by atoms with Crippen LogP contribution in [0.4, 0.5) is 0 Å². The molecule has 0 unspecified atom stereocenters. The predicted octanol–water partition coefficient (Wildman–Crippen LogP) is 0.736. The molecule has 80 valence electrons. The topological polar surface area (TPSA) is 72.0 Å². The van der Waals surface area contributed by atoms with Gasteiger partial charge >= 0.3 is 11.7 Å². The Bertz CT molecular complexity index is 389. The van der Waals surface area contributed by atoms with Crippen molar-refractivity contribution in [1.82, 2.24) is 9.97 Å². The summed E-state index contributed by atoms with van der Waals surface area (Å²) in [5.74, 6) is -0.272. The molecule has 0 aromatic carbocycles. The zero-order valence-electron chi connectivity index (χ0n) is 8.40. The lowest BCUT2D eigenvalue weighted by molar-refractivity contribution is -0.142. The van der Waals surface area contributed by atoms with Gasteiger partial charge in [-0.25, -0.2) is 9.78 Å². The maximum Gasteiger partial charge on any atom is 0.344 e. The van der Waals surface area contributed by atoms with Crippen LogP contribution in [-0.2, 0) is 9.53 Å². The summed E-state index contributed by atoms with van der Waals surface area (Å²) in [6.07, 6.45) is 6.53. The maximum absolute atomic E-state index is 10.9. The Morgan fingerprint density at radius 2 is 2.47 bits per heavy atom. The number of ether oxygens (including phenoxy) is 1. The Labute approximate surface area is 86.8 Å². The van der Waals surface area contributed by atoms with Crippen molar-refractivity contribution in [3.8, 4) is 0 Å². The van der Waals surface area contributed by atoms with Crippen molar-refractivity contribution in [2.45, 2.75) is 13.3 Å².